The molecule has 2 aromatic heterocycles. The molecule has 0 aliphatic carbocycles. The average Bonchev–Trinajstić information content (AvgIpc) is 3.31. The van der Waals surface area contributed by atoms with Gasteiger partial charge in [-0.05, 0) is 13.8 Å². The Labute approximate surface area is 245 Å². The maximum absolute atomic E-state index is 13.1. The number of hydrogen-bond donors (Lipinski definition) is 8. The summed E-state index contributed by atoms with van der Waals surface area (Å²) in [4.78, 5) is 57.4. The van der Waals surface area contributed by atoms with Gasteiger partial charge in [0.15, 0.2) is 16.6 Å². The minimum Gasteiger partial charge on any atom is -0.503 e. The van der Waals surface area contributed by atoms with Crippen LogP contribution in [0.15, 0.2) is 27.6 Å². The lowest BCUT2D eigenvalue weighted by Crippen LogP contribution is -2.74. The van der Waals surface area contributed by atoms with Crippen molar-refractivity contribution in [3.63, 3.8) is 0 Å². The lowest BCUT2D eigenvalue weighted by molar-refractivity contribution is -0.161. The second-order valence-corrected chi connectivity index (χ2v) is 12.8. The Morgan fingerprint density at radius 1 is 1.23 bits per heavy atom. The summed E-state index contributed by atoms with van der Waals surface area (Å²) in [5.74, 6) is -4.88. The number of hydrogen-bond acceptors (Lipinski definition) is 15. The summed E-state index contributed by atoms with van der Waals surface area (Å²) in [5, 5.41) is 35.1. The number of aliphatic carboxylic acids is 1. The first-order chi connectivity index (χ1) is 19.7. The van der Waals surface area contributed by atoms with Gasteiger partial charge in [-0.25, -0.2) is 18.8 Å². The van der Waals surface area contributed by atoms with Gasteiger partial charge in [-0.15, -0.1) is 11.3 Å². The van der Waals surface area contributed by atoms with Crippen molar-refractivity contribution in [2.45, 2.75) is 38.1 Å². The maximum Gasteiger partial charge on any atom is 0.362 e. The molecule has 1 aliphatic heterocycles. The van der Waals surface area contributed by atoms with Gasteiger partial charge in [0.05, 0.1) is 24.5 Å². The number of carbonyl (C=O) groups is 3. The van der Waals surface area contributed by atoms with Gasteiger partial charge in [0, 0.05) is 18.0 Å². The van der Waals surface area contributed by atoms with Crippen molar-refractivity contribution in [3.05, 3.63) is 39.3 Å². The number of thiazole rings is 1. The van der Waals surface area contributed by atoms with Gasteiger partial charge >= 0.3 is 16.3 Å². The molecule has 1 aliphatic rings. The van der Waals surface area contributed by atoms with E-state index in [2.05, 4.69) is 15.5 Å². The molecule has 2 aromatic rings. The number of carbonyl (C=O) groups excluding carboxylic acids is 2. The summed E-state index contributed by atoms with van der Waals surface area (Å²) in [6.07, 6.45) is 0.613. The van der Waals surface area contributed by atoms with Gasteiger partial charge in [-0.1, -0.05) is 5.16 Å². The van der Waals surface area contributed by atoms with Crippen LogP contribution in [0.5, 0.6) is 5.75 Å². The van der Waals surface area contributed by atoms with Gasteiger partial charge in [0.25, 0.3) is 22.0 Å². The summed E-state index contributed by atoms with van der Waals surface area (Å²) in [6, 6.07) is -2.78. The number of nitrogens with two attached hydrogens (primary N) is 1. The largest absolute Gasteiger partial charge is 0.503 e. The van der Waals surface area contributed by atoms with Crippen molar-refractivity contribution >= 4 is 60.5 Å². The number of carboxylic acid groups (broad SMARTS) is 1. The van der Waals surface area contributed by atoms with E-state index in [4.69, 9.17) is 10.6 Å². The average molecular weight is 669 g/mol. The SMILES string of the molecule is CC(C)(ON=C(C(=O)N[C@@H]1C(=O)N(S(=O)(=O)O)[C@H]1CNS(=O)(=O)NCc1cc(=O)c(O)cn1O)c1csc(N)n1)C(=O)O. The topological polar surface area (TPSA) is 322 Å². The Balaban J connectivity index is 1.80. The first-order valence-electron chi connectivity index (χ1n) is 11.4. The fraction of sp³-hybridized carbons (Fsp3) is 0.368. The third kappa shape index (κ3) is 7.73. The highest BCUT2D eigenvalue weighted by atomic mass is 32.2. The van der Waals surface area contributed by atoms with Crippen LogP contribution in [0, 0.1) is 0 Å². The number of β-lactam (4-membered cyclic amide) rings is 1. The van der Waals surface area contributed by atoms with E-state index in [1.54, 1.807) is 0 Å². The molecular formula is C19H24N8O13S3. The van der Waals surface area contributed by atoms with Crippen LogP contribution in [-0.2, 0) is 46.3 Å². The van der Waals surface area contributed by atoms with Crippen molar-refractivity contribution in [2.24, 2.45) is 5.16 Å². The van der Waals surface area contributed by atoms with E-state index in [0.29, 0.717) is 6.20 Å². The first-order valence-corrected chi connectivity index (χ1v) is 15.2. The summed E-state index contributed by atoms with van der Waals surface area (Å²) in [6.45, 7) is 0.615. The van der Waals surface area contributed by atoms with Gasteiger partial charge in [0.1, 0.15) is 11.7 Å². The van der Waals surface area contributed by atoms with E-state index in [1.165, 1.54) is 5.38 Å². The molecule has 2 atom stereocenters. The quantitative estimate of drug-likeness (QED) is 0.0338. The van der Waals surface area contributed by atoms with Crippen LogP contribution in [0.1, 0.15) is 25.2 Å². The molecule has 3 heterocycles. The Morgan fingerprint density at radius 2 is 1.88 bits per heavy atom. The molecule has 24 heteroatoms. The van der Waals surface area contributed by atoms with Gasteiger partial charge in [0.2, 0.25) is 11.0 Å². The van der Waals surface area contributed by atoms with Crippen molar-refractivity contribution in [1.29, 1.82) is 0 Å². The number of oxime groups is 1. The molecule has 0 bridgehead atoms. The number of aromatic nitrogens is 2. The molecule has 21 nitrogen and oxygen atoms in total. The van der Waals surface area contributed by atoms with E-state index in [0.717, 1.165) is 31.3 Å². The number of nitrogens with one attached hydrogen (secondary N) is 3. The maximum atomic E-state index is 13.1. The minimum atomic E-state index is -5.24. The number of pyridine rings is 1. The zero-order chi connectivity index (χ0) is 32.5. The Hall–Kier alpha value is -4.36. The second kappa shape index (κ2) is 12.1. The normalized spacial score (nSPS) is 17.8. The molecule has 236 valence electrons. The molecule has 0 aromatic carbocycles. The van der Waals surface area contributed by atoms with Crippen LogP contribution in [0.2, 0.25) is 0 Å². The van der Waals surface area contributed by atoms with Crippen LogP contribution < -0.4 is 25.9 Å². The number of rotatable bonds is 13. The lowest BCUT2D eigenvalue weighted by atomic mass is 9.98. The molecule has 0 saturated carbocycles. The van der Waals surface area contributed by atoms with E-state index in [1.807, 2.05) is 9.44 Å². The van der Waals surface area contributed by atoms with E-state index in [9.17, 15) is 56.0 Å². The van der Waals surface area contributed by atoms with Gasteiger partial charge < -0.3 is 31.3 Å². The first kappa shape index (κ1) is 33.1. The van der Waals surface area contributed by atoms with Crippen LogP contribution in [0.3, 0.4) is 0 Å². The minimum absolute atomic E-state index is 0.0319. The van der Waals surface area contributed by atoms with Gasteiger partial charge in [-0.3, -0.25) is 18.9 Å². The van der Waals surface area contributed by atoms with E-state index < -0.39 is 86.0 Å². The zero-order valence-electron chi connectivity index (χ0n) is 21.9. The third-order valence-corrected chi connectivity index (χ3v) is 8.27. The van der Waals surface area contributed by atoms with E-state index >= 15 is 0 Å². The summed E-state index contributed by atoms with van der Waals surface area (Å²) >= 11 is 0.865. The van der Waals surface area contributed by atoms with E-state index in [-0.39, 0.29) is 25.6 Å². The summed E-state index contributed by atoms with van der Waals surface area (Å²) < 4.78 is 62.0. The summed E-state index contributed by atoms with van der Waals surface area (Å²) in [5.41, 5.74) is 1.53. The molecule has 0 spiro atoms. The summed E-state index contributed by atoms with van der Waals surface area (Å²) in [7, 11) is -9.80. The highest BCUT2D eigenvalue weighted by molar-refractivity contribution is 7.87. The number of nitrogen functional groups attached to an aromatic ring is 1. The predicted molar refractivity (Wildman–Crippen MR) is 143 cm³/mol. The fourth-order valence-electron chi connectivity index (χ4n) is 3.27. The third-order valence-electron chi connectivity index (χ3n) is 5.58. The Bertz CT molecular complexity index is 1750. The van der Waals surface area contributed by atoms with Crippen LogP contribution in [0.25, 0.3) is 0 Å². The van der Waals surface area contributed by atoms with Crippen molar-refractivity contribution in [3.8, 4) is 5.75 Å². The van der Waals surface area contributed by atoms with Crippen molar-refractivity contribution in [1.82, 2.24) is 28.8 Å². The number of aromatic hydroxyl groups is 1. The molecule has 0 unspecified atom stereocenters. The highest BCUT2D eigenvalue weighted by Crippen LogP contribution is 2.24. The molecule has 3 rings (SSSR count). The zero-order valence-corrected chi connectivity index (χ0v) is 24.3. The van der Waals surface area contributed by atoms with Crippen molar-refractivity contribution in [2.75, 3.05) is 12.3 Å². The van der Waals surface area contributed by atoms with Crippen LogP contribution >= 0.6 is 11.3 Å². The molecule has 2 amide bonds. The smallest absolute Gasteiger partial charge is 0.362 e. The number of anilines is 1. The molecule has 1 saturated heterocycles. The van der Waals surface area contributed by atoms with Crippen molar-refractivity contribution < 1.29 is 56.0 Å². The molecule has 9 N–H and O–H groups in total. The predicted octanol–water partition coefficient (Wildman–Crippen LogP) is -3.46. The highest BCUT2D eigenvalue weighted by Gasteiger charge is 2.54. The standard InChI is InChI=1S/C19H24N8O13S3/c1-19(2,17(32)33)40-25-13(9-7-41-18(20)23-9)15(30)24-14-10(27(16(14)31)43(37,38)39)5-22-42(35,36)21-4-8-3-11(28)12(29)6-26(8)34/h3,6-7,10,14,21-22,29,34H,4-5H2,1-2H3,(H2,20,23)(H,24,30)(H,32,33)(H,37,38,39)/t10-,14-/m0/s1. The molecule has 1 fully saturated rings. The molecule has 0 radical (unpaired) electrons. The molecular weight excluding hydrogens is 644 g/mol. The van der Waals surface area contributed by atoms with Gasteiger partial charge in [-0.2, -0.15) is 26.3 Å². The second-order valence-electron chi connectivity index (χ2n) is 9.08. The Kier molecular flexibility index (Phi) is 9.32. The fourth-order valence-corrected chi connectivity index (χ4v) is 5.53. The number of nitrogens with zero attached hydrogens (tertiary/aromatic N) is 4. The molecule has 43 heavy (non-hydrogen) atoms. The van der Waals surface area contributed by atoms with Crippen LogP contribution in [0.4, 0.5) is 5.13 Å². The monoisotopic (exact) mass is 668 g/mol. The Morgan fingerprint density at radius 3 is 2.44 bits per heavy atom. The number of carboxylic acids is 1. The van der Waals surface area contributed by atoms with Crippen LogP contribution in [-0.4, -0.2) is 98.6 Å². The lowest BCUT2D eigenvalue weighted by Gasteiger charge is -2.44. The number of amides is 2.